The number of carbonyl (C=O) groups excluding carboxylic acids is 1. The zero-order valence-corrected chi connectivity index (χ0v) is 13.9. The predicted octanol–water partition coefficient (Wildman–Crippen LogP) is 1.78. The third kappa shape index (κ3) is 4.06. The molecule has 0 saturated heterocycles. The van der Waals surface area contributed by atoms with E-state index in [4.69, 9.17) is 14.9 Å². The predicted molar refractivity (Wildman–Crippen MR) is 90.7 cm³/mol. The minimum Gasteiger partial charge on any atom is -0.497 e. The molecule has 25 heavy (non-hydrogen) atoms. The Morgan fingerprint density at radius 1 is 1.12 bits per heavy atom. The number of amides is 1. The van der Waals surface area contributed by atoms with Crippen molar-refractivity contribution in [3.63, 3.8) is 0 Å². The summed E-state index contributed by atoms with van der Waals surface area (Å²) >= 11 is 0. The van der Waals surface area contributed by atoms with Crippen molar-refractivity contribution in [3.05, 3.63) is 42.0 Å². The molecule has 0 unspecified atom stereocenters. The van der Waals surface area contributed by atoms with E-state index in [2.05, 4.69) is 0 Å². The van der Waals surface area contributed by atoms with E-state index in [1.54, 1.807) is 7.11 Å². The topological polar surface area (TPSA) is 104 Å². The summed E-state index contributed by atoms with van der Waals surface area (Å²) in [6, 6.07) is 9.33. The lowest BCUT2D eigenvalue weighted by Crippen LogP contribution is -2.49. The van der Waals surface area contributed by atoms with Crippen LogP contribution in [-0.2, 0) is 20.8 Å². The number of rotatable bonds is 7. The molecule has 0 atom stereocenters. The highest BCUT2D eigenvalue weighted by Gasteiger charge is 2.34. The number of methoxy groups -OCH3 is 1. The molecule has 2 rings (SSSR count). The van der Waals surface area contributed by atoms with Crippen LogP contribution < -0.4 is 4.74 Å². The molecule has 0 heterocycles. The first kappa shape index (κ1) is 18.3. The van der Waals surface area contributed by atoms with Crippen LogP contribution in [0.15, 0.2) is 36.4 Å². The summed E-state index contributed by atoms with van der Waals surface area (Å²) in [5.41, 5.74) is 0.872. The highest BCUT2D eigenvalue weighted by atomic mass is 16.5. The Labute approximate surface area is 144 Å². The molecule has 132 valence electrons. The maximum atomic E-state index is 11.8. The van der Waals surface area contributed by atoms with E-state index in [-0.39, 0.29) is 6.54 Å². The molecular weight excluding hydrogens is 326 g/mol. The first-order valence-electron chi connectivity index (χ1n) is 7.63. The van der Waals surface area contributed by atoms with E-state index >= 15 is 0 Å². The number of hydrogen-bond acceptors (Lipinski definition) is 4. The molecule has 0 saturated carbocycles. The fraction of sp³-hybridized carbons (Fsp3) is 0.278. The quantitative estimate of drug-likeness (QED) is 0.741. The lowest BCUT2D eigenvalue weighted by atomic mass is 10.0. The van der Waals surface area contributed by atoms with Gasteiger partial charge >= 0.3 is 11.9 Å². The van der Waals surface area contributed by atoms with E-state index in [9.17, 15) is 14.4 Å². The fourth-order valence-corrected chi connectivity index (χ4v) is 2.74. The molecule has 0 aliphatic carbocycles. The van der Waals surface area contributed by atoms with Crippen molar-refractivity contribution in [2.75, 3.05) is 13.7 Å². The highest BCUT2D eigenvalue weighted by Crippen LogP contribution is 2.24. The number of ether oxygens (including phenoxy) is 1. The van der Waals surface area contributed by atoms with Gasteiger partial charge in [-0.1, -0.05) is 24.3 Å². The van der Waals surface area contributed by atoms with Crippen molar-refractivity contribution in [2.45, 2.75) is 19.4 Å². The number of benzene rings is 2. The molecule has 0 radical (unpaired) electrons. The largest absolute Gasteiger partial charge is 0.497 e. The van der Waals surface area contributed by atoms with Gasteiger partial charge in [0.1, 0.15) is 5.75 Å². The maximum absolute atomic E-state index is 11.8. The monoisotopic (exact) mass is 345 g/mol. The van der Waals surface area contributed by atoms with Gasteiger partial charge in [-0.15, -0.1) is 0 Å². The number of carboxylic acid groups (broad SMARTS) is 2. The summed E-state index contributed by atoms with van der Waals surface area (Å²) in [6.07, 6.45) is 0.321. The van der Waals surface area contributed by atoms with Crippen molar-refractivity contribution in [1.29, 1.82) is 0 Å². The van der Waals surface area contributed by atoms with Crippen LogP contribution in [0.3, 0.4) is 0 Å². The van der Waals surface area contributed by atoms with Crippen LogP contribution in [0, 0.1) is 0 Å². The van der Waals surface area contributed by atoms with Gasteiger partial charge in [-0.3, -0.25) is 4.79 Å². The second kappa shape index (κ2) is 7.65. The molecule has 0 fully saturated rings. The number of hydrogen-bond donors (Lipinski definition) is 2. The maximum Gasteiger partial charge on any atom is 0.338 e. The van der Waals surface area contributed by atoms with Crippen molar-refractivity contribution in [2.24, 2.45) is 0 Å². The zero-order valence-electron chi connectivity index (χ0n) is 13.9. The molecule has 1 amide bonds. The number of nitrogens with zero attached hydrogens (tertiary/aromatic N) is 1. The molecule has 0 aromatic heterocycles. The number of fused-ring (bicyclic) bond motifs is 1. The molecule has 0 aliphatic heterocycles. The minimum atomic E-state index is -1.90. The Balaban J connectivity index is 2.32. The smallest absolute Gasteiger partial charge is 0.338 e. The first-order chi connectivity index (χ1) is 11.8. The number of carbonyl (C=O) groups is 3. The van der Waals surface area contributed by atoms with E-state index in [0.29, 0.717) is 12.2 Å². The van der Waals surface area contributed by atoms with E-state index < -0.39 is 23.9 Å². The second-order valence-corrected chi connectivity index (χ2v) is 5.55. The van der Waals surface area contributed by atoms with Crippen molar-refractivity contribution in [1.82, 2.24) is 4.90 Å². The van der Waals surface area contributed by atoms with Gasteiger partial charge in [-0.2, -0.15) is 0 Å². The van der Waals surface area contributed by atoms with Crippen LogP contribution in [0.4, 0.5) is 0 Å². The van der Waals surface area contributed by atoms with Crippen LogP contribution in [0.1, 0.15) is 12.5 Å². The van der Waals surface area contributed by atoms with Crippen LogP contribution in [0.2, 0.25) is 0 Å². The van der Waals surface area contributed by atoms with E-state index in [1.165, 1.54) is 0 Å². The average molecular weight is 345 g/mol. The van der Waals surface area contributed by atoms with Gasteiger partial charge in [0.2, 0.25) is 11.9 Å². The van der Waals surface area contributed by atoms with Gasteiger partial charge in [0.25, 0.3) is 0 Å². The molecule has 7 heteroatoms. The van der Waals surface area contributed by atoms with Gasteiger partial charge in [0, 0.05) is 13.5 Å². The molecule has 2 aromatic rings. The molecule has 0 aliphatic rings. The van der Waals surface area contributed by atoms with E-state index in [1.807, 2.05) is 36.4 Å². The number of aliphatic carboxylic acids is 2. The molecule has 0 bridgehead atoms. The molecule has 2 aromatic carbocycles. The van der Waals surface area contributed by atoms with Crippen molar-refractivity contribution >= 4 is 28.6 Å². The molecular formula is C18H19NO6. The van der Waals surface area contributed by atoms with Gasteiger partial charge in [0.05, 0.1) is 7.11 Å². The van der Waals surface area contributed by atoms with Crippen LogP contribution in [0.5, 0.6) is 5.75 Å². The summed E-state index contributed by atoms with van der Waals surface area (Å²) < 4.78 is 5.22. The summed E-state index contributed by atoms with van der Waals surface area (Å²) in [7, 11) is 1.56. The SMILES string of the molecule is COc1ccc2cccc(CCN(C(C)=O)C(C(=O)O)C(=O)O)c2c1. The third-order valence-electron chi connectivity index (χ3n) is 3.99. The fourth-order valence-electron chi connectivity index (χ4n) is 2.74. The first-order valence-corrected chi connectivity index (χ1v) is 7.63. The molecule has 7 nitrogen and oxygen atoms in total. The molecule has 2 N–H and O–H groups in total. The third-order valence-corrected chi connectivity index (χ3v) is 3.99. The summed E-state index contributed by atoms with van der Waals surface area (Å²) in [5, 5.41) is 20.1. The lowest BCUT2D eigenvalue weighted by Gasteiger charge is -2.25. The Bertz CT molecular complexity index is 802. The normalized spacial score (nSPS) is 10.7. The molecule has 0 spiro atoms. The Hall–Kier alpha value is -3.09. The van der Waals surface area contributed by atoms with E-state index in [0.717, 1.165) is 28.2 Å². The zero-order chi connectivity index (χ0) is 18.6. The Morgan fingerprint density at radius 2 is 1.80 bits per heavy atom. The standard InChI is InChI=1S/C18H19NO6/c1-11(20)19(16(17(21)22)18(23)24)9-8-13-5-3-4-12-6-7-14(25-2)10-15(12)13/h3-7,10,16H,8-9H2,1-2H3,(H,21,22)(H,23,24). The summed E-state index contributed by atoms with van der Waals surface area (Å²) in [6.45, 7) is 1.14. The van der Waals surface area contributed by atoms with Crippen LogP contribution in [-0.4, -0.2) is 52.7 Å². The van der Waals surface area contributed by atoms with Gasteiger partial charge in [0.15, 0.2) is 0 Å². The number of carboxylic acids is 2. The summed E-state index contributed by atoms with van der Waals surface area (Å²) in [5.74, 6) is -3.06. The Kier molecular flexibility index (Phi) is 5.59. The lowest BCUT2D eigenvalue weighted by molar-refractivity contribution is -0.161. The van der Waals surface area contributed by atoms with Gasteiger partial charge < -0.3 is 19.8 Å². The van der Waals surface area contributed by atoms with Crippen molar-refractivity contribution in [3.8, 4) is 5.75 Å². The summed E-state index contributed by atoms with van der Waals surface area (Å²) in [4.78, 5) is 35.0. The minimum absolute atomic E-state index is 0.0189. The van der Waals surface area contributed by atoms with Crippen molar-refractivity contribution < 1.29 is 29.3 Å². The van der Waals surface area contributed by atoms with Crippen LogP contribution >= 0.6 is 0 Å². The second-order valence-electron chi connectivity index (χ2n) is 5.55. The Morgan fingerprint density at radius 3 is 2.36 bits per heavy atom. The van der Waals surface area contributed by atoms with Gasteiger partial charge in [-0.25, -0.2) is 9.59 Å². The average Bonchev–Trinajstić information content (AvgIpc) is 2.56. The highest BCUT2D eigenvalue weighted by molar-refractivity contribution is 6.00. The van der Waals surface area contributed by atoms with Crippen LogP contribution in [0.25, 0.3) is 10.8 Å². The van der Waals surface area contributed by atoms with Gasteiger partial charge in [-0.05, 0) is 34.9 Å².